The molecule has 1 fully saturated rings. The lowest BCUT2D eigenvalue weighted by Gasteiger charge is -2.31. The van der Waals surface area contributed by atoms with Crippen molar-refractivity contribution in [2.24, 2.45) is 5.92 Å². The van der Waals surface area contributed by atoms with Crippen LogP contribution in [0.4, 0.5) is 0 Å². The van der Waals surface area contributed by atoms with Crippen molar-refractivity contribution in [1.29, 1.82) is 5.26 Å². The number of rotatable bonds is 5. The molecule has 1 N–H and O–H groups in total. The van der Waals surface area contributed by atoms with E-state index in [0.29, 0.717) is 24.6 Å². The Kier molecular flexibility index (Phi) is 7.29. The molecule has 1 aliphatic rings. The predicted molar refractivity (Wildman–Crippen MR) is 90.4 cm³/mol. The molecule has 0 saturated carbocycles. The van der Waals surface area contributed by atoms with E-state index in [0.717, 1.165) is 19.4 Å². The summed E-state index contributed by atoms with van der Waals surface area (Å²) in [5, 5.41) is 12.0. The number of piperidine rings is 1. The van der Waals surface area contributed by atoms with E-state index in [1.165, 1.54) is 29.6 Å². The van der Waals surface area contributed by atoms with Crippen LogP contribution in [0, 0.1) is 17.2 Å². The number of nitrogens with one attached hydrogen (secondary N) is 1. The Morgan fingerprint density at radius 1 is 1.39 bits per heavy atom. The van der Waals surface area contributed by atoms with E-state index >= 15 is 0 Å². The van der Waals surface area contributed by atoms with Gasteiger partial charge in [0.2, 0.25) is 10.0 Å². The third kappa shape index (κ3) is 4.36. The van der Waals surface area contributed by atoms with Crippen molar-refractivity contribution in [3.8, 4) is 11.8 Å². The molecule has 0 aliphatic carbocycles. The fraction of sp³-hybridized carbons (Fsp3) is 0.533. The lowest BCUT2D eigenvalue weighted by Crippen LogP contribution is -2.40. The largest absolute Gasteiger partial charge is 0.495 e. The van der Waals surface area contributed by atoms with Gasteiger partial charge in [0.15, 0.2) is 0 Å². The second-order valence-corrected chi connectivity index (χ2v) is 7.29. The first-order valence-electron chi connectivity index (χ1n) is 7.25. The minimum atomic E-state index is -3.59. The van der Waals surface area contributed by atoms with E-state index in [1.807, 2.05) is 13.1 Å². The average molecular weight is 360 g/mol. The molecule has 0 aromatic heterocycles. The molecule has 0 bridgehead atoms. The summed E-state index contributed by atoms with van der Waals surface area (Å²) in [5.74, 6) is 0.732. The lowest BCUT2D eigenvalue weighted by molar-refractivity contribution is 0.270. The van der Waals surface area contributed by atoms with Gasteiger partial charge in [-0.15, -0.1) is 12.4 Å². The van der Waals surface area contributed by atoms with Gasteiger partial charge in [-0.2, -0.15) is 9.57 Å². The van der Waals surface area contributed by atoms with Gasteiger partial charge in [-0.25, -0.2) is 8.42 Å². The molecule has 1 saturated heterocycles. The van der Waals surface area contributed by atoms with Gasteiger partial charge < -0.3 is 10.1 Å². The van der Waals surface area contributed by atoms with Gasteiger partial charge >= 0.3 is 0 Å². The van der Waals surface area contributed by atoms with Crippen LogP contribution >= 0.6 is 12.4 Å². The molecule has 0 radical (unpaired) electrons. The van der Waals surface area contributed by atoms with Crippen LogP contribution in [0.15, 0.2) is 23.1 Å². The van der Waals surface area contributed by atoms with Gasteiger partial charge in [-0.3, -0.25) is 0 Å². The number of nitriles is 1. The fourth-order valence-corrected chi connectivity index (χ4v) is 4.34. The fourth-order valence-electron chi connectivity index (χ4n) is 2.73. The molecule has 2 rings (SSSR count). The number of hydrogen-bond acceptors (Lipinski definition) is 5. The second kappa shape index (κ2) is 8.50. The van der Waals surface area contributed by atoms with Gasteiger partial charge in [0.05, 0.1) is 18.7 Å². The van der Waals surface area contributed by atoms with E-state index < -0.39 is 10.0 Å². The van der Waals surface area contributed by atoms with Crippen molar-refractivity contribution in [3.05, 3.63) is 23.8 Å². The van der Waals surface area contributed by atoms with Crippen molar-refractivity contribution in [3.63, 3.8) is 0 Å². The van der Waals surface area contributed by atoms with Crippen LogP contribution in [-0.2, 0) is 10.0 Å². The first kappa shape index (κ1) is 19.7. The molecular weight excluding hydrogens is 338 g/mol. The summed E-state index contributed by atoms with van der Waals surface area (Å²) in [4.78, 5) is 0.126. The Hall–Kier alpha value is -1.33. The zero-order chi connectivity index (χ0) is 16.2. The zero-order valence-electron chi connectivity index (χ0n) is 13.3. The molecule has 0 atom stereocenters. The summed E-state index contributed by atoms with van der Waals surface area (Å²) in [5.41, 5.74) is 0.378. The van der Waals surface area contributed by atoms with Gasteiger partial charge in [0, 0.05) is 13.1 Å². The molecular formula is C15H22ClN3O3S. The molecule has 23 heavy (non-hydrogen) atoms. The van der Waals surface area contributed by atoms with Crippen molar-refractivity contribution in [2.75, 3.05) is 33.8 Å². The van der Waals surface area contributed by atoms with E-state index in [2.05, 4.69) is 5.32 Å². The molecule has 6 nitrogen and oxygen atoms in total. The van der Waals surface area contributed by atoms with Crippen molar-refractivity contribution in [1.82, 2.24) is 9.62 Å². The topological polar surface area (TPSA) is 82.4 Å². The maximum atomic E-state index is 12.8. The van der Waals surface area contributed by atoms with E-state index in [4.69, 9.17) is 10.00 Å². The lowest BCUT2D eigenvalue weighted by atomic mass is 9.98. The maximum Gasteiger partial charge on any atom is 0.246 e. The second-order valence-electron chi connectivity index (χ2n) is 5.38. The Morgan fingerprint density at radius 2 is 2.04 bits per heavy atom. The zero-order valence-corrected chi connectivity index (χ0v) is 14.9. The number of sulfonamides is 1. The number of benzene rings is 1. The van der Waals surface area contributed by atoms with E-state index in [-0.39, 0.29) is 23.1 Å². The third-order valence-corrected chi connectivity index (χ3v) is 5.91. The summed E-state index contributed by atoms with van der Waals surface area (Å²) >= 11 is 0. The highest BCUT2D eigenvalue weighted by molar-refractivity contribution is 7.89. The Labute approximate surface area is 143 Å². The maximum absolute atomic E-state index is 12.8. The number of halogens is 1. The van der Waals surface area contributed by atoms with Crippen molar-refractivity contribution >= 4 is 22.4 Å². The first-order chi connectivity index (χ1) is 10.5. The highest BCUT2D eigenvalue weighted by Gasteiger charge is 2.31. The van der Waals surface area contributed by atoms with Crippen LogP contribution in [0.2, 0.25) is 0 Å². The number of ether oxygens (including phenoxy) is 1. The smallest absolute Gasteiger partial charge is 0.246 e. The Balaban J connectivity index is 0.00000264. The molecule has 1 aromatic rings. The molecule has 1 heterocycles. The van der Waals surface area contributed by atoms with E-state index in [1.54, 1.807) is 0 Å². The number of hydrogen-bond donors (Lipinski definition) is 1. The Morgan fingerprint density at radius 3 is 2.57 bits per heavy atom. The molecule has 8 heteroatoms. The average Bonchev–Trinajstić information content (AvgIpc) is 2.55. The molecule has 0 amide bonds. The predicted octanol–water partition coefficient (Wildman–Crippen LogP) is 1.61. The molecule has 128 valence electrons. The Bertz CT molecular complexity index is 665. The highest BCUT2D eigenvalue weighted by Crippen LogP contribution is 2.30. The summed E-state index contributed by atoms with van der Waals surface area (Å²) in [6.07, 6.45) is 1.69. The van der Waals surface area contributed by atoms with Crippen molar-refractivity contribution in [2.45, 2.75) is 17.7 Å². The summed E-state index contributed by atoms with van der Waals surface area (Å²) in [7, 11) is -0.271. The van der Waals surface area contributed by atoms with Crippen LogP contribution in [0.25, 0.3) is 0 Å². The normalized spacial score (nSPS) is 16.4. The SMILES string of the molecule is CNCC1CCN(S(=O)(=O)c2ccc(C#N)cc2OC)CC1.Cl. The van der Waals surface area contributed by atoms with Crippen LogP contribution in [0.3, 0.4) is 0 Å². The molecule has 0 unspecified atom stereocenters. The number of nitrogens with zero attached hydrogens (tertiary/aromatic N) is 2. The van der Waals surface area contributed by atoms with Crippen LogP contribution in [0.1, 0.15) is 18.4 Å². The molecule has 1 aromatic carbocycles. The molecule has 1 aliphatic heterocycles. The van der Waals surface area contributed by atoms with Crippen molar-refractivity contribution < 1.29 is 13.2 Å². The summed E-state index contributed by atoms with van der Waals surface area (Å²) in [6.45, 7) is 1.93. The minimum absolute atomic E-state index is 0. The summed E-state index contributed by atoms with van der Waals surface area (Å²) < 4.78 is 32.2. The molecule has 0 spiro atoms. The minimum Gasteiger partial charge on any atom is -0.495 e. The standard InChI is InChI=1S/C15H21N3O3S.ClH/c1-17-11-12-5-7-18(8-6-12)22(19,20)15-4-3-13(10-16)9-14(15)21-2;/h3-4,9,12,17H,5-8,11H2,1-2H3;1H. The van der Waals surface area contributed by atoms with Gasteiger partial charge in [-0.1, -0.05) is 0 Å². The van der Waals surface area contributed by atoms with Crippen LogP contribution in [0.5, 0.6) is 5.75 Å². The quantitative estimate of drug-likeness (QED) is 0.863. The van der Waals surface area contributed by atoms with Gasteiger partial charge in [0.25, 0.3) is 0 Å². The van der Waals surface area contributed by atoms with E-state index in [9.17, 15) is 8.42 Å². The number of methoxy groups -OCH3 is 1. The first-order valence-corrected chi connectivity index (χ1v) is 8.69. The van der Waals surface area contributed by atoms with Gasteiger partial charge in [-0.05, 0) is 50.6 Å². The monoisotopic (exact) mass is 359 g/mol. The highest BCUT2D eigenvalue weighted by atomic mass is 35.5. The van der Waals surface area contributed by atoms with Crippen LogP contribution in [-0.4, -0.2) is 46.5 Å². The third-order valence-electron chi connectivity index (χ3n) is 3.98. The summed E-state index contributed by atoms with van der Waals surface area (Å²) in [6, 6.07) is 6.40. The van der Waals surface area contributed by atoms with Gasteiger partial charge in [0.1, 0.15) is 10.6 Å². The van der Waals surface area contributed by atoms with Crippen LogP contribution < -0.4 is 10.1 Å².